The van der Waals surface area contributed by atoms with Gasteiger partial charge >= 0.3 is 0 Å². The van der Waals surface area contributed by atoms with E-state index in [1.807, 2.05) is 0 Å². The number of nitriles is 1. The quantitative estimate of drug-likeness (QED) is 0.0672. The van der Waals surface area contributed by atoms with Crippen LogP contribution in [0.3, 0.4) is 0 Å². The maximum Gasteiger partial charge on any atom is 0.104 e. The highest BCUT2D eigenvalue weighted by molar-refractivity contribution is 4.68. The van der Waals surface area contributed by atoms with Gasteiger partial charge in [0, 0.05) is 13.2 Å². The van der Waals surface area contributed by atoms with E-state index in [1.165, 1.54) is 167 Å². The molecule has 0 saturated carbocycles. The Hall–Kier alpha value is -0.630. The molecule has 0 aromatic carbocycles. The number of hydrogen-bond acceptors (Lipinski definition) is 4. The maximum atomic E-state index is 8.84. The van der Waals surface area contributed by atoms with Crippen molar-refractivity contribution < 1.29 is 14.2 Å². The van der Waals surface area contributed by atoms with E-state index in [4.69, 9.17) is 19.5 Å². The molecule has 0 unspecified atom stereocenters. The van der Waals surface area contributed by atoms with Crippen LogP contribution in [0.25, 0.3) is 0 Å². The van der Waals surface area contributed by atoms with Gasteiger partial charge in [0.2, 0.25) is 0 Å². The van der Waals surface area contributed by atoms with Crippen LogP contribution in [-0.2, 0) is 14.2 Å². The molecule has 0 spiro atoms. The van der Waals surface area contributed by atoms with Gasteiger partial charge in [-0.1, -0.05) is 181 Å². The highest BCUT2D eigenvalue weighted by Crippen LogP contribution is 2.14. The van der Waals surface area contributed by atoms with Crippen molar-refractivity contribution in [1.29, 1.82) is 5.26 Å². The lowest BCUT2D eigenvalue weighted by molar-refractivity contribution is -0.0593. The van der Waals surface area contributed by atoms with E-state index in [9.17, 15) is 0 Å². The van der Waals surface area contributed by atoms with Crippen LogP contribution in [0.2, 0.25) is 0 Å². The van der Waals surface area contributed by atoms with Gasteiger partial charge in [-0.25, -0.2) is 0 Å². The first kappa shape index (κ1) is 41.4. The summed E-state index contributed by atoms with van der Waals surface area (Å²) in [7, 11) is 0. The average Bonchev–Trinajstić information content (AvgIpc) is 3.00. The molecule has 0 aromatic rings. The molecule has 0 N–H and O–H groups in total. The fourth-order valence-corrected chi connectivity index (χ4v) is 5.64. The van der Waals surface area contributed by atoms with Crippen molar-refractivity contribution in [1.82, 2.24) is 0 Å². The van der Waals surface area contributed by atoms with E-state index in [-0.39, 0.29) is 6.10 Å². The van der Waals surface area contributed by atoms with Crippen LogP contribution < -0.4 is 0 Å². The molecule has 0 atom stereocenters. The fourth-order valence-electron chi connectivity index (χ4n) is 5.64. The van der Waals surface area contributed by atoms with Crippen LogP contribution in [0.4, 0.5) is 0 Å². The van der Waals surface area contributed by atoms with E-state index in [0.717, 1.165) is 26.1 Å². The molecule has 0 heterocycles. The minimum absolute atomic E-state index is 0.0587. The summed E-state index contributed by atoms with van der Waals surface area (Å²) in [4.78, 5) is 0. The summed E-state index contributed by atoms with van der Waals surface area (Å²) < 4.78 is 17.7. The Kier molecular flexibility index (Phi) is 37.8. The molecule has 4 heteroatoms. The molecule has 0 bridgehead atoms. The van der Waals surface area contributed by atoms with Gasteiger partial charge < -0.3 is 14.2 Å². The molecule has 0 radical (unpaired) electrons. The second kappa shape index (κ2) is 38.4. The monoisotopic (exact) mass is 594 g/mol. The van der Waals surface area contributed by atoms with E-state index in [1.54, 1.807) is 0 Å². The SMILES string of the molecule is CCCCCCCCCCCCCCCCOCC(COCCCCCCCCCCCCCCCC)OCCC#N. The summed E-state index contributed by atoms with van der Waals surface area (Å²) in [5, 5.41) is 8.84. The first-order valence-corrected chi connectivity index (χ1v) is 19.0. The second-order valence-electron chi connectivity index (χ2n) is 12.7. The standard InChI is InChI=1S/C38H75NO3/c1-3-5-7-9-11-13-15-17-19-21-23-25-27-29-33-40-36-38(42-35-31-32-39)37-41-34-30-28-26-24-22-20-18-16-14-12-10-8-6-4-2/h38H,3-31,33-37H2,1-2H3. The molecule has 0 rings (SSSR count). The number of ether oxygens (including phenoxy) is 3. The molecule has 0 fully saturated rings. The summed E-state index contributed by atoms with van der Waals surface area (Å²) in [6.07, 6.45) is 38.8. The van der Waals surface area contributed by atoms with Gasteiger partial charge in [0.1, 0.15) is 6.10 Å². The van der Waals surface area contributed by atoms with Crippen LogP contribution >= 0.6 is 0 Å². The normalized spacial score (nSPS) is 11.5. The highest BCUT2D eigenvalue weighted by atomic mass is 16.6. The second-order valence-corrected chi connectivity index (χ2v) is 12.7. The van der Waals surface area contributed by atoms with E-state index < -0.39 is 0 Å². The zero-order valence-electron chi connectivity index (χ0n) is 28.8. The summed E-state index contributed by atoms with van der Waals surface area (Å²) in [5.41, 5.74) is 0. The van der Waals surface area contributed by atoms with E-state index >= 15 is 0 Å². The zero-order chi connectivity index (χ0) is 30.4. The van der Waals surface area contributed by atoms with Crippen molar-refractivity contribution >= 4 is 0 Å². The first-order valence-electron chi connectivity index (χ1n) is 19.0. The Morgan fingerprint density at radius 1 is 0.405 bits per heavy atom. The zero-order valence-corrected chi connectivity index (χ0v) is 28.8. The number of unbranched alkanes of at least 4 members (excludes halogenated alkanes) is 26. The maximum absolute atomic E-state index is 8.84. The highest BCUT2D eigenvalue weighted by Gasteiger charge is 2.10. The summed E-state index contributed by atoms with van der Waals surface area (Å²) in [6.45, 7) is 7.79. The van der Waals surface area contributed by atoms with Gasteiger partial charge in [-0.05, 0) is 12.8 Å². The van der Waals surface area contributed by atoms with Crippen molar-refractivity contribution in [3.05, 3.63) is 0 Å². The Balaban J connectivity index is 3.53. The van der Waals surface area contributed by atoms with Gasteiger partial charge in [0.15, 0.2) is 0 Å². The minimum atomic E-state index is -0.0587. The minimum Gasteiger partial charge on any atom is -0.379 e. The third-order valence-corrected chi connectivity index (χ3v) is 8.46. The van der Waals surface area contributed by atoms with Crippen molar-refractivity contribution in [2.75, 3.05) is 33.0 Å². The predicted molar refractivity (Wildman–Crippen MR) is 182 cm³/mol. The molecule has 4 nitrogen and oxygen atoms in total. The molecule has 0 aliphatic rings. The van der Waals surface area contributed by atoms with Crippen LogP contribution in [0.1, 0.15) is 200 Å². The average molecular weight is 594 g/mol. The molecular weight excluding hydrogens is 518 g/mol. The third kappa shape index (κ3) is 35.6. The third-order valence-electron chi connectivity index (χ3n) is 8.46. The molecule has 0 aliphatic heterocycles. The number of hydrogen-bond donors (Lipinski definition) is 0. The Bertz CT molecular complexity index is 485. The molecular formula is C38H75NO3. The van der Waals surface area contributed by atoms with Crippen LogP contribution in [-0.4, -0.2) is 39.1 Å². The largest absolute Gasteiger partial charge is 0.379 e. The molecule has 0 aromatic heterocycles. The summed E-state index contributed by atoms with van der Waals surface area (Å²) in [6, 6.07) is 2.16. The van der Waals surface area contributed by atoms with Crippen molar-refractivity contribution in [3.63, 3.8) is 0 Å². The Labute approximate surface area is 264 Å². The Morgan fingerprint density at radius 3 is 0.976 bits per heavy atom. The van der Waals surface area contributed by atoms with Crippen molar-refractivity contribution in [2.24, 2.45) is 0 Å². The smallest absolute Gasteiger partial charge is 0.104 e. The molecule has 0 saturated heterocycles. The molecule has 0 aliphatic carbocycles. The van der Waals surface area contributed by atoms with Gasteiger partial charge in [-0.15, -0.1) is 0 Å². The van der Waals surface area contributed by atoms with Crippen molar-refractivity contribution in [2.45, 2.75) is 206 Å². The van der Waals surface area contributed by atoms with E-state index in [2.05, 4.69) is 19.9 Å². The van der Waals surface area contributed by atoms with E-state index in [0.29, 0.717) is 26.2 Å². The first-order chi connectivity index (χ1) is 20.8. The lowest BCUT2D eigenvalue weighted by atomic mass is 10.0. The molecule has 0 amide bonds. The topological polar surface area (TPSA) is 51.5 Å². The van der Waals surface area contributed by atoms with Gasteiger partial charge in [0.05, 0.1) is 32.3 Å². The van der Waals surface area contributed by atoms with Gasteiger partial charge in [0.25, 0.3) is 0 Å². The lowest BCUT2D eigenvalue weighted by Gasteiger charge is -2.18. The number of rotatable bonds is 37. The van der Waals surface area contributed by atoms with Crippen LogP contribution in [0, 0.1) is 11.3 Å². The van der Waals surface area contributed by atoms with Crippen molar-refractivity contribution in [3.8, 4) is 6.07 Å². The van der Waals surface area contributed by atoms with Crippen LogP contribution in [0.15, 0.2) is 0 Å². The summed E-state index contributed by atoms with van der Waals surface area (Å²) in [5.74, 6) is 0. The van der Waals surface area contributed by atoms with Gasteiger partial charge in [-0.2, -0.15) is 5.26 Å². The fraction of sp³-hybridized carbons (Fsp3) is 0.974. The summed E-state index contributed by atoms with van der Waals surface area (Å²) >= 11 is 0. The Morgan fingerprint density at radius 2 is 0.690 bits per heavy atom. The molecule has 42 heavy (non-hydrogen) atoms. The lowest BCUT2D eigenvalue weighted by Crippen LogP contribution is -2.26. The molecule has 250 valence electrons. The predicted octanol–water partition coefficient (Wildman–Crippen LogP) is 12.3. The van der Waals surface area contributed by atoms with Crippen LogP contribution in [0.5, 0.6) is 0 Å². The van der Waals surface area contributed by atoms with Gasteiger partial charge in [-0.3, -0.25) is 0 Å². The number of nitrogens with zero attached hydrogens (tertiary/aromatic N) is 1.